The van der Waals surface area contributed by atoms with Crippen molar-refractivity contribution in [3.8, 4) is 0 Å². The van der Waals surface area contributed by atoms with Crippen molar-refractivity contribution in [1.29, 1.82) is 0 Å². The van der Waals surface area contributed by atoms with E-state index in [1.54, 1.807) is 4.57 Å². The fourth-order valence-electron chi connectivity index (χ4n) is 1.67. The molecule has 3 heteroatoms. The Bertz CT molecular complexity index is 557. The van der Waals surface area contributed by atoms with E-state index in [9.17, 15) is 4.79 Å². The first-order valence-electron chi connectivity index (χ1n) is 4.90. The fraction of sp³-hybridized carbons (Fsp3) is 0.250. The van der Waals surface area contributed by atoms with E-state index >= 15 is 0 Å². The molecule has 2 aromatic rings. The van der Waals surface area contributed by atoms with Crippen molar-refractivity contribution in [3.63, 3.8) is 0 Å². The molecule has 0 bridgehead atoms. The predicted molar refractivity (Wildman–Crippen MR) is 66.3 cm³/mol. The molecule has 0 aliphatic rings. The van der Waals surface area contributed by atoms with Gasteiger partial charge in [-0.05, 0) is 47.3 Å². The van der Waals surface area contributed by atoms with Crippen LogP contribution in [-0.4, -0.2) is 4.57 Å². The summed E-state index contributed by atoms with van der Waals surface area (Å²) in [7, 11) is 0. The zero-order chi connectivity index (χ0) is 11.0. The Morgan fingerprint density at radius 3 is 2.67 bits per heavy atom. The van der Waals surface area contributed by atoms with E-state index in [4.69, 9.17) is 0 Å². The molecule has 0 saturated carbocycles. The van der Waals surface area contributed by atoms with Gasteiger partial charge in [0.15, 0.2) is 0 Å². The molecule has 0 atom stereocenters. The van der Waals surface area contributed by atoms with Gasteiger partial charge in [0.2, 0.25) is 0 Å². The van der Waals surface area contributed by atoms with Crippen LogP contribution in [0.3, 0.4) is 0 Å². The zero-order valence-corrected chi connectivity index (χ0v) is 10.3. The van der Waals surface area contributed by atoms with E-state index in [-0.39, 0.29) is 11.6 Å². The highest BCUT2D eigenvalue weighted by molar-refractivity contribution is 9.10. The van der Waals surface area contributed by atoms with Gasteiger partial charge in [-0.2, -0.15) is 0 Å². The van der Waals surface area contributed by atoms with Crippen molar-refractivity contribution in [2.24, 2.45) is 0 Å². The molecule has 0 amide bonds. The number of hydrogen-bond acceptors (Lipinski definition) is 1. The maximum absolute atomic E-state index is 12.1. The van der Waals surface area contributed by atoms with E-state index in [2.05, 4.69) is 15.9 Å². The minimum absolute atomic E-state index is 0.0648. The van der Waals surface area contributed by atoms with Crippen LogP contribution in [0.4, 0.5) is 0 Å². The minimum Gasteiger partial charge on any atom is -0.312 e. The normalized spacial score (nSPS) is 11.2. The highest BCUT2D eigenvalue weighted by Gasteiger charge is 2.07. The highest BCUT2D eigenvalue weighted by Crippen LogP contribution is 2.20. The molecule has 0 saturated heterocycles. The van der Waals surface area contributed by atoms with Crippen molar-refractivity contribution in [1.82, 2.24) is 4.57 Å². The summed E-state index contributed by atoms with van der Waals surface area (Å²) in [6.45, 7) is 4.01. The van der Waals surface area contributed by atoms with E-state index in [1.165, 1.54) is 0 Å². The van der Waals surface area contributed by atoms with Gasteiger partial charge < -0.3 is 4.57 Å². The summed E-state index contributed by atoms with van der Waals surface area (Å²) in [4.78, 5) is 12.1. The number of hydrogen-bond donors (Lipinski definition) is 0. The molecule has 0 aliphatic heterocycles. The van der Waals surface area contributed by atoms with Crippen LogP contribution >= 0.6 is 15.9 Å². The second-order valence-corrected chi connectivity index (χ2v) is 4.68. The average Bonchev–Trinajstić information content (AvgIpc) is 2.17. The Kier molecular flexibility index (Phi) is 2.65. The van der Waals surface area contributed by atoms with E-state index in [1.807, 2.05) is 44.3 Å². The van der Waals surface area contributed by atoms with Gasteiger partial charge in [0.25, 0.3) is 5.56 Å². The van der Waals surface area contributed by atoms with Crippen molar-refractivity contribution >= 4 is 26.7 Å². The summed E-state index contributed by atoms with van der Waals surface area (Å²) in [6.07, 6.45) is 1.85. The minimum atomic E-state index is 0.0648. The summed E-state index contributed by atoms with van der Waals surface area (Å²) in [5.41, 5.74) is 0.0648. The fourth-order valence-corrected chi connectivity index (χ4v) is 2.22. The highest BCUT2D eigenvalue weighted by atomic mass is 79.9. The topological polar surface area (TPSA) is 22.0 Å². The third-order valence-corrected chi connectivity index (χ3v) is 3.13. The number of pyridine rings is 1. The summed E-state index contributed by atoms with van der Waals surface area (Å²) >= 11 is 3.42. The van der Waals surface area contributed by atoms with Crippen LogP contribution in [0.15, 0.2) is 39.7 Å². The molecule has 78 valence electrons. The van der Waals surface area contributed by atoms with Crippen molar-refractivity contribution in [2.45, 2.75) is 19.9 Å². The summed E-state index contributed by atoms with van der Waals surface area (Å²) < 4.78 is 2.60. The van der Waals surface area contributed by atoms with Gasteiger partial charge in [-0.3, -0.25) is 4.79 Å². The summed E-state index contributed by atoms with van der Waals surface area (Å²) in [5.74, 6) is 0. The molecule has 2 nitrogen and oxygen atoms in total. The Labute approximate surface area is 96.7 Å². The lowest BCUT2D eigenvalue weighted by molar-refractivity contribution is 0.582. The Morgan fingerprint density at radius 1 is 1.27 bits per heavy atom. The van der Waals surface area contributed by atoms with Gasteiger partial charge in [0, 0.05) is 16.7 Å². The molecule has 0 radical (unpaired) electrons. The zero-order valence-electron chi connectivity index (χ0n) is 8.70. The lowest BCUT2D eigenvalue weighted by Gasteiger charge is -2.11. The smallest absolute Gasteiger partial charge is 0.259 e. The Morgan fingerprint density at radius 2 is 2.00 bits per heavy atom. The molecule has 1 aromatic heterocycles. The SMILES string of the molecule is CC(C)n1ccc2cccc(Br)c2c1=O. The number of fused-ring (bicyclic) bond motifs is 1. The van der Waals surface area contributed by atoms with Gasteiger partial charge in [-0.15, -0.1) is 0 Å². The third kappa shape index (κ3) is 1.72. The molecule has 1 heterocycles. The van der Waals surface area contributed by atoms with Crippen LogP contribution in [0, 0.1) is 0 Å². The van der Waals surface area contributed by atoms with Crippen LogP contribution in [0.25, 0.3) is 10.8 Å². The van der Waals surface area contributed by atoms with Crippen LogP contribution in [0.1, 0.15) is 19.9 Å². The first-order valence-corrected chi connectivity index (χ1v) is 5.70. The molecule has 2 rings (SSSR count). The summed E-state index contributed by atoms with van der Waals surface area (Å²) in [6, 6.07) is 7.95. The first kappa shape index (κ1) is 10.4. The van der Waals surface area contributed by atoms with Crippen LogP contribution in [-0.2, 0) is 0 Å². The van der Waals surface area contributed by atoms with Crippen molar-refractivity contribution in [2.75, 3.05) is 0 Å². The summed E-state index contributed by atoms with van der Waals surface area (Å²) in [5, 5.41) is 1.74. The van der Waals surface area contributed by atoms with Gasteiger partial charge >= 0.3 is 0 Å². The molecule has 0 aliphatic carbocycles. The predicted octanol–water partition coefficient (Wildman–Crippen LogP) is 3.34. The second-order valence-electron chi connectivity index (χ2n) is 3.83. The third-order valence-electron chi connectivity index (χ3n) is 2.47. The number of nitrogens with zero attached hydrogens (tertiary/aromatic N) is 1. The van der Waals surface area contributed by atoms with Crippen LogP contribution in [0.5, 0.6) is 0 Å². The lowest BCUT2D eigenvalue weighted by Crippen LogP contribution is -2.21. The van der Waals surface area contributed by atoms with Gasteiger partial charge in [-0.1, -0.05) is 12.1 Å². The molecule has 1 aromatic carbocycles. The lowest BCUT2D eigenvalue weighted by atomic mass is 10.1. The largest absolute Gasteiger partial charge is 0.312 e. The van der Waals surface area contributed by atoms with Gasteiger partial charge in [0.05, 0.1) is 5.39 Å². The van der Waals surface area contributed by atoms with E-state index < -0.39 is 0 Å². The molecule has 0 N–H and O–H groups in total. The van der Waals surface area contributed by atoms with E-state index in [0.29, 0.717) is 0 Å². The van der Waals surface area contributed by atoms with E-state index in [0.717, 1.165) is 15.2 Å². The van der Waals surface area contributed by atoms with Crippen molar-refractivity contribution in [3.05, 3.63) is 45.3 Å². The molecular weight excluding hydrogens is 254 g/mol. The van der Waals surface area contributed by atoms with Crippen LogP contribution in [0.2, 0.25) is 0 Å². The molecule has 15 heavy (non-hydrogen) atoms. The Balaban J connectivity index is 2.90. The number of halogens is 1. The maximum Gasteiger partial charge on any atom is 0.259 e. The number of aromatic nitrogens is 1. The number of rotatable bonds is 1. The second kappa shape index (κ2) is 3.81. The maximum atomic E-state index is 12.1. The standard InChI is InChI=1S/C12H12BrNO/c1-8(2)14-7-6-9-4-3-5-10(13)11(9)12(14)15/h3-8H,1-2H3. The monoisotopic (exact) mass is 265 g/mol. The van der Waals surface area contributed by atoms with Gasteiger partial charge in [-0.25, -0.2) is 0 Å². The quantitative estimate of drug-likeness (QED) is 0.775. The van der Waals surface area contributed by atoms with Gasteiger partial charge in [0.1, 0.15) is 0 Å². The Hall–Kier alpha value is -1.09. The molecular formula is C12H12BrNO. The number of benzene rings is 1. The van der Waals surface area contributed by atoms with Crippen molar-refractivity contribution < 1.29 is 0 Å². The first-order chi connectivity index (χ1) is 7.11. The molecule has 0 fully saturated rings. The molecule has 0 spiro atoms. The average molecular weight is 266 g/mol. The molecule has 0 unspecified atom stereocenters. The van der Waals surface area contributed by atoms with Crippen LogP contribution < -0.4 is 5.56 Å².